The van der Waals surface area contributed by atoms with Crippen molar-refractivity contribution in [2.45, 2.75) is 29.3 Å². The van der Waals surface area contributed by atoms with E-state index >= 15 is 0 Å². The smallest absolute Gasteiger partial charge is 0.393 e. The van der Waals surface area contributed by atoms with Gasteiger partial charge in [-0.15, -0.1) is 0 Å². The second-order valence-electron chi connectivity index (χ2n) is 4.56. The third-order valence-electron chi connectivity index (χ3n) is 2.75. The predicted octanol–water partition coefficient (Wildman–Crippen LogP) is 4.83. The molecule has 0 aliphatic rings. The third kappa shape index (κ3) is 4.20. The number of rotatable bonds is 3. The summed E-state index contributed by atoms with van der Waals surface area (Å²) in [7, 11) is 0. The highest BCUT2D eigenvalue weighted by Gasteiger charge is 2.27. The molecule has 0 unspecified atom stereocenters. The van der Waals surface area contributed by atoms with E-state index in [0.29, 0.717) is 5.69 Å². The summed E-state index contributed by atoms with van der Waals surface area (Å²) in [5.74, 6) is 0. The molecule has 0 amide bonds. The molecule has 0 aliphatic heterocycles. The van der Waals surface area contributed by atoms with Gasteiger partial charge in [-0.2, -0.15) is 13.2 Å². The maximum atomic E-state index is 12.3. The zero-order chi connectivity index (χ0) is 14.8. The van der Waals surface area contributed by atoms with E-state index in [0.717, 1.165) is 15.4 Å². The molecule has 20 heavy (non-hydrogen) atoms. The molecular weight excluding hydrogens is 283 g/mol. The summed E-state index contributed by atoms with van der Waals surface area (Å²) in [5.41, 5.74) is 7.71. The van der Waals surface area contributed by atoms with Gasteiger partial charge in [0.2, 0.25) is 0 Å². The number of nitrogens with two attached hydrogens (primary N) is 1. The van der Waals surface area contributed by atoms with Gasteiger partial charge in [0.05, 0.1) is 6.42 Å². The molecule has 5 heteroatoms. The van der Waals surface area contributed by atoms with Gasteiger partial charge < -0.3 is 5.73 Å². The summed E-state index contributed by atoms with van der Waals surface area (Å²) in [5, 5.41) is 0. The standard InChI is InChI=1S/C15H14F3NS/c1-10-8-12(19)4-7-14(10)20-13-5-2-11(3-6-13)9-15(16,17)18/h2-8H,9,19H2,1H3. The van der Waals surface area contributed by atoms with Crippen molar-refractivity contribution in [1.29, 1.82) is 0 Å². The first-order valence-electron chi connectivity index (χ1n) is 6.03. The highest BCUT2D eigenvalue weighted by atomic mass is 32.2. The number of hydrogen-bond donors (Lipinski definition) is 1. The normalized spacial score (nSPS) is 11.6. The van der Waals surface area contributed by atoms with Crippen LogP contribution in [-0.4, -0.2) is 6.18 Å². The van der Waals surface area contributed by atoms with E-state index in [1.165, 1.54) is 23.9 Å². The second-order valence-corrected chi connectivity index (χ2v) is 5.68. The van der Waals surface area contributed by atoms with E-state index in [2.05, 4.69) is 0 Å². The Hall–Kier alpha value is -1.62. The summed E-state index contributed by atoms with van der Waals surface area (Å²) in [6.07, 6.45) is -5.05. The quantitative estimate of drug-likeness (QED) is 0.821. The summed E-state index contributed by atoms with van der Waals surface area (Å²) < 4.78 is 36.8. The van der Waals surface area contributed by atoms with Gasteiger partial charge in [0.1, 0.15) is 0 Å². The van der Waals surface area contributed by atoms with E-state index in [1.54, 1.807) is 12.1 Å². The Kier molecular flexibility index (Phi) is 4.28. The van der Waals surface area contributed by atoms with Crippen molar-refractivity contribution in [3.05, 3.63) is 53.6 Å². The molecule has 0 radical (unpaired) electrons. The van der Waals surface area contributed by atoms with Crippen LogP contribution in [0.5, 0.6) is 0 Å². The minimum atomic E-state index is -4.16. The topological polar surface area (TPSA) is 26.0 Å². The lowest BCUT2D eigenvalue weighted by Crippen LogP contribution is -2.11. The maximum Gasteiger partial charge on any atom is 0.393 e. The third-order valence-corrected chi connectivity index (χ3v) is 3.94. The second kappa shape index (κ2) is 5.79. The molecule has 0 heterocycles. The molecular formula is C15H14F3NS. The number of anilines is 1. The molecule has 2 aromatic carbocycles. The van der Waals surface area contributed by atoms with Crippen LogP contribution in [0.3, 0.4) is 0 Å². The van der Waals surface area contributed by atoms with Crippen LogP contribution in [0.25, 0.3) is 0 Å². The molecule has 2 aromatic rings. The van der Waals surface area contributed by atoms with Gasteiger partial charge in [0.15, 0.2) is 0 Å². The first-order valence-corrected chi connectivity index (χ1v) is 6.85. The van der Waals surface area contributed by atoms with Crippen molar-refractivity contribution in [2.24, 2.45) is 0 Å². The van der Waals surface area contributed by atoms with Gasteiger partial charge in [-0.05, 0) is 48.4 Å². The SMILES string of the molecule is Cc1cc(N)ccc1Sc1ccc(CC(F)(F)F)cc1. The molecule has 106 valence electrons. The van der Waals surface area contributed by atoms with Crippen LogP contribution < -0.4 is 5.73 Å². The lowest BCUT2D eigenvalue weighted by atomic mass is 10.1. The Morgan fingerprint density at radius 2 is 1.70 bits per heavy atom. The number of nitrogen functional groups attached to an aromatic ring is 1. The van der Waals surface area contributed by atoms with Crippen LogP contribution in [-0.2, 0) is 6.42 Å². The largest absolute Gasteiger partial charge is 0.399 e. The zero-order valence-electron chi connectivity index (χ0n) is 10.9. The number of aryl methyl sites for hydroxylation is 1. The summed E-state index contributed by atoms with van der Waals surface area (Å²) >= 11 is 1.51. The van der Waals surface area contributed by atoms with Gasteiger partial charge in [-0.3, -0.25) is 0 Å². The Balaban J connectivity index is 2.11. The van der Waals surface area contributed by atoms with Crippen molar-refractivity contribution in [3.63, 3.8) is 0 Å². The van der Waals surface area contributed by atoms with Gasteiger partial charge in [-0.25, -0.2) is 0 Å². The van der Waals surface area contributed by atoms with E-state index < -0.39 is 12.6 Å². The van der Waals surface area contributed by atoms with Crippen molar-refractivity contribution in [2.75, 3.05) is 5.73 Å². The molecule has 0 bridgehead atoms. The Morgan fingerprint density at radius 1 is 1.05 bits per heavy atom. The minimum Gasteiger partial charge on any atom is -0.399 e. The molecule has 0 spiro atoms. The molecule has 0 atom stereocenters. The molecule has 0 saturated carbocycles. The molecule has 0 fully saturated rings. The van der Waals surface area contributed by atoms with Crippen LogP contribution in [0.15, 0.2) is 52.3 Å². The predicted molar refractivity (Wildman–Crippen MR) is 75.9 cm³/mol. The Bertz CT molecular complexity index is 591. The van der Waals surface area contributed by atoms with Crippen molar-refractivity contribution < 1.29 is 13.2 Å². The van der Waals surface area contributed by atoms with Gasteiger partial charge in [-0.1, -0.05) is 23.9 Å². The first-order chi connectivity index (χ1) is 9.33. The average molecular weight is 297 g/mol. The van der Waals surface area contributed by atoms with E-state index in [4.69, 9.17) is 5.73 Å². The average Bonchev–Trinajstić information content (AvgIpc) is 2.33. The molecule has 0 aromatic heterocycles. The molecule has 0 saturated heterocycles. The lowest BCUT2D eigenvalue weighted by Gasteiger charge is -2.09. The number of benzene rings is 2. The van der Waals surface area contributed by atoms with Crippen LogP contribution in [0.2, 0.25) is 0 Å². The first kappa shape index (κ1) is 14.8. The lowest BCUT2D eigenvalue weighted by molar-refractivity contribution is -0.127. The number of halogens is 3. The fourth-order valence-electron chi connectivity index (χ4n) is 1.82. The van der Waals surface area contributed by atoms with Gasteiger partial charge >= 0.3 is 6.18 Å². The summed E-state index contributed by atoms with van der Waals surface area (Å²) in [4.78, 5) is 1.95. The van der Waals surface area contributed by atoms with E-state index in [1.807, 2.05) is 25.1 Å². The van der Waals surface area contributed by atoms with E-state index in [-0.39, 0.29) is 5.56 Å². The fraction of sp³-hybridized carbons (Fsp3) is 0.200. The Labute approximate surface area is 120 Å². The van der Waals surface area contributed by atoms with Gasteiger partial charge in [0, 0.05) is 15.5 Å². The van der Waals surface area contributed by atoms with Crippen molar-refractivity contribution in [1.82, 2.24) is 0 Å². The Morgan fingerprint density at radius 3 is 2.25 bits per heavy atom. The van der Waals surface area contributed by atoms with Crippen molar-refractivity contribution >= 4 is 17.4 Å². The minimum absolute atomic E-state index is 0.274. The highest BCUT2D eigenvalue weighted by molar-refractivity contribution is 7.99. The monoisotopic (exact) mass is 297 g/mol. The van der Waals surface area contributed by atoms with E-state index in [9.17, 15) is 13.2 Å². The number of hydrogen-bond acceptors (Lipinski definition) is 2. The fourth-order valence-corrected chi connectivity index (χ4v) is 2.70. The van der Waals surface area contributed by atoms with Crippen LogP contribution >= 0.6 is 11.8 Å². The molecule has 2 rings (SSSR count). The molecule has 2 N–H and O–H groups in total. The molecule has 0 aliphatic carbocycles. The maximum absolute atomic E-state index is 12.3. The van der Waals surface area contributed by atoms with Crippen LogP contribution in [0.1, 0.15) is 11.1 Å². The summed E-state index contributed by atoms with van der Waals surface area (Å²) in [6.45, 7) is 1.96. The summed E-state index contributed by atoms with van der Waals surface area (Å²) in [6, 6.07) is 12.1. The van der Waals surface area contributed by atoms with Crippen LogP contribution in [0.4, 0.5) is 18.9 Å². The zero-order valence-corrected chi connectivity index (χ0v) is 11.7. The van der Waals surface area contributed by atoms with Crippen molar-refractivity contribution in [3.8, 4) is 0 Å². The van der Waals surface area contributed by atoms with Crippen LogP contribution in [0, 0.1) is 6.92 Å². The molecule has 1 nitrogen and oxygen atoms in total. The number of alkyl halides is 3. The van der Waals surface area contributed by atoms with Gasteiger partial charge in [0.25, 0.3) is 0 Å². The highest BCUT2D eigenvalue weighted by Crippen LogP contribution is 2.32.